The SMILES string of the molecule is N#CCSc1nc2ccc(NC(=O)c3ccc([N+](=O)[O-])cc3C(=O)O)cc2s1. The summed E-state index contributed by atoms with van der Waals surface area (Å²) in [6.45, 7) is 0. The van der Waals surface area contributed by atoms with Crippen LogP contribution in [0.15, 0.2) is 40.7 Å². The minimum atomic E-state index is -1.44. The lowest BCUT2D eigenvalue weighted by atomic mass is 10.1. The number of thioether (sulfide) groups is 1. The Balaban J connectivity index is 1.87. The Labute approximate surface area is 165 Å². The first-order valence-corrected chi connectivity index (χ1v) is 9.42. The summed E-state index contributed by atoms with van der Waals surface area (Å²) in [5, 5.41) is 31.3. The van der Waals surface area contributed by atoms with Crippen molar-refractivity contribution in [2.75, 3.05) is 11.1 Å². The zero-order valence-corrected chi connectivity index (χ0v) is 15.5. The van der Waals surface area contributed by atoms with Crippen LogP contribution in [0.2, 0.25) is 0 Å². The number of carbonyl (C=O) groups excluding carboxylic acids is 1. The lowest BCUT2D eigenvalue weighted by molar-refractivity contribution is -0.384. The molecule has 1 aromatic heterocycles. The van der Waals surface area contributed by atoms with Gasteiger partial charge in [0.25, 0.3) is 11.6 Å². The van der Waals surface area contributed by atoms with Gasteiger partial charge in [-0.3, -0.25) is 14.9 Å². The lowest BCUT2D eigenvalue weighted by Gasteiger charge is -2.08. The number of nitrogens with zero attached hydrogens (tertiary/aromatic N) is 3. The van der Waals surface area contributed by atoms with Crippen LogP contribution < -0.4 is 5.32 Å². The number of benzene rings is 2. The zero-order chi connectivity index (χ0) is 20.3. The maximum atomic E-state index is 12.5. The van der Waals surface area contributed by atoms with Crippen molar-refractivity contribution in [2.24, 2.45) is 0 Å². The molecule has 0 spiro atoms. The highest BCUT2D eigenvalue weighted by Crippen LogP contribution is 2.31. The second-order valence-corrected chi connectivity index (χ2v) is 7.61. The summed E-state index contributed by atoms with van der Waals surface area (Å²) in [7, 11) is 0. The molecular formula is C17H10N4O5S2. The van der Waals surface area contributed by atoms with Crippen molar-refractivity contribution >= 4 is 56.6 Å². The molecule has 2 aromatic carbocycles. The average Bonchev–Trinajstić information content (AvgIpc) is 3.07. The number of carboxylic acid groups (broad SMARTS) is 1. The van der Waals surface area contributed by atoms with Crippen molar-refractivity contribution < 1.29 is 19.6 Å². The number of amides is 1. The Morgan fingerprint density at radius 1 is 1.29 bits per heavy atom. The Morgan fingerprint density at radius 2 is 2.07 bits per heavy atom. The van der Waals surface area contributed by atoms with Gasteiger partial charge in [0.2, 0.25) is 0 Å². The minimum Gasteiger partial charge on any atom is -0.478 e. The molecule has 3 rings (SSSR count). The molecule has 0 saturated carbocycles. The number of rotatable bonds is 6. The first-order chi connectivity index (χ1) is 13.4. The number of thiazole rings is 1. The number of hydrogen-bond acceptors (Lipinski definition) is 8. The minimum absolute atomic E-state index is 0.187. The average molecular weight is 414 g/mol. The number of nitrogens with one attached hydrogen (secondary N) is 1. The number of aromatic carboxylic acids is 1. The summed E-state index contributed by atoms with van der Waals surface area (Å²) in [5.74, 6) is -1.86. The van der Waals surface area contributed by atoms with Gasteiger partial charge in [-0.15, -0.1) is 11.3 Å². The largest absolute Gasteiger partial charge is 0.478 e. The summed E-state index contributed by atoms with van der Waals surface area (Å²) < 4.78 is 1.52. The third kappa shape index (κ3) is 4.08. The van der Waals surface area contributed by atoms with E-state index >= 15 is 0 Å². The van der Waals surface area contributed by atoms with Crippen molar-refractivity contribution in [1.82, 2.24) is 4.98 Å². The molecule has 28 heavy (non-hydrogen) atoms. The number of nitro groups is 1. The maximum absolute atomic E-state index is 12.5. The molecule has 0 fully saturated rings. The Hall–Kier alpha value is -3.49. The van der Waals surface area contributed by atoms with E-state index in [4.69, 9.17) is 5.26 Å². The molecule has 1 heterocycles. The Kier molecular flexibility index (Phi) is 5.53. The van der Waals surface area contributed by atoms with E-state index in [2.05, 4.69) is 10.3 Å². The number of nitriles is 1. The highest BCUT2D eigenvalue weighted by atomic mass is 32.2. The molecule has 1 amide bonds. The van der Waals surface area contributed by atoms with Crippen LogP contribution in [0, 0.1) is 21.4 Å². The second kappa shape index (κ2) is 8.03. The van der Waals surface area contributed by atoms with Crippen LogP contribution in [-0.2, 0) is 0 Å². The summed E-state index contributed by atoms with van der Waals surface area (Å²) >= 11 is 2.68. The second-order valence-electron chi connectivity index (χ2n) is 5.36. The number of carboxylic acids is 1. The number of fused-ring (bicyclic) bond motifs is 1. The third-order valence-electron chi connectivity index (χ3n) is 3.58. The van der Waals surface area contributed by atoms with Gasteiger partial charge in [0.15, 0.2) is 4.34 Å². The van der Waals surface area contributed by atoms with E-state index in [9.17, 15) is 24.8 Å². The number of carbonyl (C=O) groups is 2. The molecule has 9 nitrogen and oxygen atoms in total. The van der Waals surface area contributed by atoms with E-state index in [1.54, 1.807) is 18.2 Å². The van der Waals surface area contributed by atoms with Crippen molar-refractivity contribution in [3.05, 3.63) is 57.6 Å². The molecule has 140 valence electrons. The predicted molar refractivity (Wildman–Crippen MR) is 104 cm³/mol. The topological polar surface area (TPSA) is 146 Å². The van der Waals surface area contributed by atoms with Crippen molar-refractivity contribution in [1.29, 1.82) is 5.26 Å². The lowest BCUT2D eigenvalue weighted by Crippen LogP contribution is -2.16. The van der Waals surface area contributed by atoms with Crippen molar-refractivity contribution in [2.45, 2.75) is 4.34 Å². The van der Waals surface area contributed by atoms with E-state index in [0.717, 1.165) is 27.2 Å². The summed E-state index contributed by atoms with van der Waals surface area (Å²) in [6, 6.07) is 10.1. The van der Waals surface area contributed by atoms with Crippen molar-refractivity contribution in [3.8, 4) is 6.07 Å². The van der Waals surface area contributed by atoms with Crippen LogP contribution in [0.3, 0.4) is 0 Å². The van der Waals surface area contributed by atoms with Gasteiger partial charge in [-0.05, 0) is 24.3 Å². The quantitative estimate of drug-likeness (QED) is 0.352. The number of aromatic nitrogens is 1. The van der Waals surface area contributed by atoms with E-state index in [1.165, 1.54) is 23.1 Å². The van der Waals surface area contributed by atoms with E-state index in [0.29, 0.717) is 11.2 Å². The first-order valence-electron chi connectivity index (χ1n) is 7.62. The van der Waals surface area contributed by atoms with Crippen LogP contribution in [0.25, 0.3) is 10.2 Å². The van der Waals surface area contributed by atoms with Gasteiger partial charge in [-0.2, -0.15) is 5.26 Å². The van der Waals surface area contributed by atoms with Crippen LogP contribution in [0.1, 0.15) is 20.7 Å². The molecule has 0 atom stereocenters. The number of nitro benzene ring substituents is 1. The number of non-ortho nitro benzene ring substituents is 1. The summed E-state index contributed by atoms with van der Waals surface area (Å²) in [4.78, 5) is 38.4. The summed E-state index contributed by atoms with van der Waals surface area (Å²) in [6.07, 6.45) is 0. The molecule has 0 bridgehead atoms. The molecule has 2 N–H and O–H groups in total. The van der Waals surface area contributed by atoms with Crippen molar-refractivity contribution in [3.63, 3.8) is 0 Å². The monoisotopic (exact) mass is 414 g/mol. The van der Waals surface area contributed by atoms with Crippen LogP contribution >= 0.6 is 23.1 Å². The standard InChI is InChI=1S/C17H10N4O5S2/c18-5-6-27-17-20-13-4-1-9(7-14(13)28-17)19-15(22)11-3-2-10(21(25)26)8-12(11)16(23)24/h1-4,7-8H,6H2,(H,19,22)(H,23,24). The smallest absolute Gasteiger partial charge is 0.336 e. The predicted octanol–water partition coefficient (Wildman–Crippen LogP) is 3.77. The number of anilines is 1. The van der Waals surface area contributed by atoms with Gasteiger partial charge in [-0.1, -0.05) is 11.8 Å². The maximum Gasteiger partial charge on any atom is 0.336 e. The number of hydrogen-bond donors (Lipinski definition) is 2. The molecule has 0 saturated heterocycles. The fourth-order valence-corrected chi connectivity index (χ4v) is 4.13. The Bertz CT molecular complexity index is 1150. The van der Waals surface area contributed by atoms with Gasteiger partial charge in [-0.25, -0.2) is 9.78 Å². The van der Waals surface area contributed by atoms with Crippen LogP contribution in [0.4, 0.5) is 11.4 Å². The molecular weight excluding hydrogens is 404 g/mol. The van der Waals surface area contributed by atoms with Crippen LogP contribution in [-0.4, -0.2) is 32.6 Å². The highest BCUT2D eigenvalue weighted by molar-refractivity contribution is 8.01. The Morgan fingerprint density at radius 3 is 2.75 bits per heavy atom. The van der Waals surface area contributed by atoms with Gasteiger partial charge >= 0.3 is 5.97 Å². The van der Waals surface area contributed by atoms with Gasteiger partial charge < -0.3 is 10.4 Å². The molecule has 0 aliphatic carbocycles. The third-order valence-corrected chi connectivity index (χ3v) is 5.60. The van der Waals surface area contributed by atoms with E-state index < -0.39 is 28.1 Å². The zero-order valence-electron chi connectivity index (χ0n) is 13.9. The fourth-order valence-electron chi connectivity index (χ4n) is 2.36. The van der Waals surface area contributed by atoms with E-state index in [1.807, 2.05) is 6.07 Å². The molecule has 0 aliphatic rings. The van der Waals surface area contributed by atoms with E-state index in [-0.39, 0.29) is 11.3 Å². The molecule has 0 aliphatic heterocycles. The summed E-state index contributed by atoms with van der Waals surface area (Å²) in [5.41, 5.74) is 0.0774. The molecule has 3 aromatic rings. The molecule has 11 heteroatoms. The van der Waals surface area contributed by atoms with Crippen LogP contribution in [0.5, 0.6) is 0 Å². The van der Waals surface area contributed by atoms with Gasteiger partial charge in [0.05, 0.1) is 38.1 Å². The molecule has 0 radical (unpaired) electrons. The normalized spacial score (nSPS) is 10.4. The fraction of sp³-hybridized carbons (Fsp3) is 0.0588. The van der Waals surface area contributed by atoms with Gasteiger partial charge in [0.1, 0.15) is 0 Å². The van der Waals surface area contributed by atoms with Gasteiger partial charge in [0, 0.05) is 17.8 Å². The first kappa shape index (κ1) is 19.3. The highest BCUT2D eigenvalue weighted by Gasteiger charge is 2.21. The molecule has 0 unspecified atom stereocenters.